The summed E-state index contributed by atoms with van der Waals surface area (Å²) in [4.78, 5) is 4.58. The number of hydrogen-bond acceptors (Lipinski definition) is 1. The molecule has 16 heavy (non-hydrogen) atoms. The second kappa shape index (κ2) is 6.26. The van der Waals surface area contributed by atoms with Crippen LogP contribution in [0.4, 0.5) is 5.69 Å². The summed E-state index contributed by atoms with van der Waals surface area (Å²) in [6.07, 6.45) is 6.14. The lowest BCUT2D eigenvalue weighted by Gasteiger charge is -2.07. The van der Waals surface area contributed by atoms with Crippen LogP contribution in [0, 0.1) is 19.8 Å². The minimum Gasteiger partial charge on any atom is -0.261 e. The third-order valence-electron chi connectivity index (χ3n) is 2.99. The van der Waals surface area contributed by atoms with Crippen molar-refractivity contribution in [3.63, 3.8) is 0 Å². The van der Waals surface area contributed by atoms with E-state index in [1.54, 1.807) is 0 Å². The van der Waals surface area contributed by atoms with Gasteiger partial charge >= 0.3 is 0 Å². The van der Waals surface area contributed by atoms with Gasteiger partial charge in [-0.3, -0.25) is 4.99 Å². The molecule has 0 saturated heterocycles. The summed E-state index contributed by atoms with van der Waals surface area (Å²) >= 11 is 0. The van der Waals surface area contributed by atoms with E-state index in [1.165, 1.54) is 11.1 Å². The third kappa shape index (κ3) is 3.34. The smallest absolute Gasteiger partial charge is 0.0657 e. The van der Waals surface area contributed by atoms with Crippen molar-refractivity contribution in [3.8, 4) is 0 Å². The Morgan fingerprint density at radius 1 is 1.38 bits per heavy atom. The number of aryl methyl sites for hydroxylation is 1. The van der Waals surface area contributed by atoms with E-state index in [4.69, 9.17) is 0 Å². The Labute approximate surface area is 98.9 Å². The summed E-state index contributed by atoms with van der Waals surface area (Å²) in [6.45, 7) is 10.2. The van der Waals surface area contributed by atoms with Crippen LogP contribution in [-0.2, 0) is 0 Å². The first-order chi connectivity index (χ1) is 7.69. The van der Waals surface area contributed by atoms with Crippen LogP contribution in [0.3, 0.4) is 0 Å². The maximum atomic E-state index is 4.58. The van der Waals surface area contributed by atoms with Gasteiger partial charge in [0.2, 0.25) is 0 Å². The number of hydrogen-bond donors (Lipinski definition) is 0. The van der Waals surface area contributed by atoms with E-state index >= 15 is 0 Å². The van der Waals surface area contributed by atoms with Crippen LogP contribution >= 0.6 is 0 Å². The predicted molar refractivity (Wildman–Crippen MR) is 72.7 cm³/mol. The molecule has 1 heteroatoms. The van der Waals surface area contributed by atoms with Crippen molar-refractivity contribution in [1.82, 2.24) is 0 Å². The van der Waals surface area contributed by atoms with Crippen LogP contribution in [-0.4, -0.2) is 6.21 Å². The normalized spacial score (nSPS) is 12.9. The molecule has 0 N–H and O–H groups in total. The van der Waals surface area contributed by atoms with Gasteiger partial charge in [0, 0.05) is 6.21 Å². The lowest BCUT2D eigenvalue weighted by Crippen LogP contribution is -1.97. The topological polar surface area (TPSA) is 12.4 Å². The highest BCUT2D eigenvalue weighted by Crippen LogP contribution is 2.21. The Hall–Kier alpha value is -1.37. The molecule has 0 aliphatic rings. The molecule has 1 nitrogen and oxygen atoms in total. The van der Waals surface area contributed by atoms with E-state index in [-0.39, 0.29) is 0 Å². The quantitative estimate of drug-likeness (QED) is 0.502. The Morgan fingerprint density at radius 3 is 2.75 bits per heavy atom. The molecular formula is C15H21N. The first-order valence-electron chi connectivity index (χ1n) is 5.90. The summed E-state index contributed by atoms with van der Waals surface area (Å²) in [7, 11) is 0. The van der Waals surface area contributed by atoms with E-state index in [2.05, 4.69) is 56.8 Å². The predicted octanol–water partition coefficient (Wildman–Crippen LogP) is 4.61. The maximum Gasteiger partial charge on any atom is 0.0657 e. The molecule has 0 amide bonds. The highest BCUT2D eigenvalue weighted by Gasteiger charge is 2.01. The zero-order chi connectivity index (χ0) is 12.0. The van der Waals surface area contributed by atoms with Crippen molar-refractivity contribution in [2.24, 2.45) is 10.9 Å². The molecular weight excluding hydrogens is 194 g/mol. The van der Waals surface area contributed by atoms with Crippen LogP contribution in [0.2, 0.25) is 0 Å². The Bertz CT molecular complexity index is 377. The highest BCUT2D eigenvalue weighted by molar-refractivity contribution is 5.67. The first-order valence-corrected chi connectivity index (χ1v) is 5.90. The van der Waals surface area contributed by atoms with E-state index < -0.39 is 0 Å². The van der Waals surface area contributed by atoms with Crippen LogP contribution < -0.4 is 0 Å². The molecule has 0 spiro atoms. The minimum absolute atomic E-state index is 0.511. The van der Waals surface area contributed by atoms with Gasteiger partial charge in [-0.2, -0.15) is 0 Å². The number of benzene rings is 1. The van der Waals surface area contributed by atoms with E-state index in [0.717, 1.165) is 18.5 Å². The minimum atomic E-state index is 0.511. The Morgan fingerprint density at radius 2 is 2.12 bits per heavy atom. The van der Waals surface area contributed by atoms with Crippen molar-refractivity contribution in [3.05, 3.63) is 42.0 Å². The molecule has 0 fully saturated rings. The van der Waals surface area contributed by atoms with Crippen molar-refractivity contribution < 1.29 is 0 Å². The molecule has 86 valence electrons. The van der Waals surface area contributed by atoms with Crippen LogP contribution in [0.15, 0.2) is 35.8 Å². The molecule has 0 heterocycles. The summed E-state index contributed by atoms with van der Waals surface area (Å²) in [6, 6.07) is 6.25. The summed E-state index contributed by atoms with van der Waals surface area (Å²) < 4.78 is 0. The first kappa shape index (κ1) is 12.7. The molecule has 1 aromatic carbocycles. The van der Waals surface area contributed by atoms with E-state index in [0.29, 0.717) is 5.92 Å². The molecule has 1 aromatic rings. The molecule has 0 aromatic heterocycles. The lowest BCUT2D eigenvalue weighted by atomic mass is 10.0. The fourth-order valence-electron chi connectivity index (χ4n) is 1.61. The van der Waals surface area contributed by atoms with Crippen molar-refractivity contribution in [2.45, 2.75) is 33.6 Å². The van der Waals surface area contributed by atoms with Crippen LogP contribution in [0.5, 0.6) is 0 Å². The van der Waals surface area contributed by atoms with Crippen molar-refractivity contribution >= 4 is 11.9 Å². The Kier molecular flexibility index (Phi) is 4.97. The van der Waals surface area contributed by atoms with Crippen LogP contribution in [0.1, 0.15) is 30.9 Å². The highest BCUT2D eigenvalue weighted by atomic mass is 14.7. The number of aliphatic imine (C=N–C) groups is 1. The number of nitrogens with zero attached hydrogens (tertiary/aromatic N) is 1. The average Bonchev–Trinajstić information content (AvgIpc) is 2.29. The fraction of sp³-hybridized carbons (Fsp3) is 0.400. The van der Waals surface area contributed by atoms with E-state index in [9.17, 15) is 0 Å². The standard InChI is InChI=1S/C15H21N/c1-5-8-14(6-2)11-16-15-10-7-9-12(3)13(15)4/h5,7,9-11,14H,1,6,8H2,2-4H3/b16-11+. The summed E-state index contributed by atoms with van der Waals surface area (Å²) in [5, 5.41) is 0. The molecule has 1 rings (SSSR count). The summed E-state index contributed by atoms with van der Waals surface area (Å²) in [5.74, 6) is 0.511. The maximum absolute atomic E-state index is 4.58. The van der Waals surface area contributed by atoms with Gasteiger partial charge in [0.05, 0.1) is 5.69 Å². The molecule has 1 atom stereocenters. The third-order valence-corrected chi connectivity index (χ3v) is 2.99. The SMILES string of the molecule is C=CCC(/C=N/c1cccc(C)c1C)CC. The van der Waals surface area contributed by atoms with Gasteiger partial charge in [-0.1, -0.05) is 25.1 Å². The van der Waals surface area contributed by atoms with Crippen LogP contribution in [0.25, 0.3) is 0 Å². The average molecular weight is 215 g/mol. The zero-order valence-corrected chi connectivity index (χ0v) is 10.5. The molecule has 0 aliphatic carbocycles. The summed E-state index contributed by atoms with van der Waals surface area (Å²) in [5.41, 5.74) is 3.65. The molecule has 1 unspecified atom stereocenters. The van der Waals surface area contributed by atoms with Crippen molar-refractivity contribution in [1.29, 1.82) is 0 Å². The van der Waals surface area contributed by atoms with Gasteiger partial charge in [-0.15, -0.1) is 6.58 Å². The molecule has 0 radical (unpaired) electrons. The van der Waals surface area contributed by atoms with Gasteiger partial charge in [-0.05, 0) is 49.8 Å². The second-order valence-corrected chi connectivity index (χ2v) is 4.19. The van der Waals surface area contributed by atoms with Gasteiger partial charge in [-0.25, -0.2) is 0 Å². The fourth-order valence-corrected chi connectivity index (χ4v) is 1.61. The second-order valence-electron chi connectivity index (χ2n) is 4.19. The number of rotatable bonds is 5. The zero-order valence-electron chi connectivity index (χ0n) is 10.5. The monoisotopic (exact) mass is 215 g/mol. The van der Waals surface area contributed by atoms with Gasteiger partial charge in [0.15, 0.2) is 0 Å². The molecule has 0 saturated carbocycles. The number of allylic oxidation sites excluding steroid dienone is 1. The van der Waals surface area contributed by atoms with Gasteiger partial charge in [0.1, 0.15) is 0 Å². The van der Waals surface area contributed by atoms with Gasteiger partial charge < -0.3 is 0 Å². The molecule has 0 aliphatic heterocycles. The Balaban J connectivity index is 2.82. The largest absolute Gasteiger partial charge is 0.261 e. The van der Waals surface area contributed by atoms with Crippen molar-refractivity contribution in [2.75, 3.05) is 0 Å². The van der Waals surface area contributed by atoms with E-state index in [1.807, 2.05) is 6.08 Å². The lowest BCUT2D eigenvalue weighted by molar-refractivity contribution is 0.691. The molecule has 0 bridgehead atoms. The van der Waals surface area contributed by atoms with Gasteiger partial charge in [0.25, 0.3) is 0 Å².